The zero-order valence-corrected chi connectivity index (χ0v) is 12.0. The summed E-state index contributed by atoms with van der Waals surface area (Å²) in [6, 6.07) is 4.30. The van der Waals surface area contributed by atoms with Crippen molar-refractivity contribution < 1.29 is 4.74 Å². The number of methoxy groups -OCH3 is 1. The van der Waals surface area contributed by atoms with Gasteiger partial charge in [0.1, 0.15) is 0 Å². The number of nitrogens with zero attached hydrogens (tertiary/aromatic N) is 2. The fraction of sp³-hybridized carbons (Fsp3) is 0.714. The van der Waals surface area contributed by atoms with Crippen LogP contribution in [-0.4, -0.2) is 49.4 Å². The highest BCUT2D eigenvalue weighted by molar-refractivity contribution is 5.06. The first-order valence-corrected chi connectivity index (χ1v) is 6.87. The summed E-state index contributed by atoms with van der Waals surface area (Å²) in [6.45, 7) is 11.4. The van der Waals surface area contributed by atoms with Crippen LogP contribution in [0.25, 0.3) is 0 Å². The lowest BCUT2D eigenvalue weighted by atomic mass is 10.4. The fourth-order valence-corrected chi connectivity index (χ4v) is 2.01. The van der Waals surface area contributed by atoms with E-state index < -0.39 is 0 Å². The van der Waals surface area contributed by atoms with E-state index in [0.29, 0.717) is 0 Å². The number of rotatable bonds is 10. The van der Waals surface area contributed by atoms with Crippen molar-refractivity contribution in [1.29, 1.82) is 0 Å². The SMILES string of the molecule is CCN(CC)CCn1cccc1CNCCOC. The van der Waals surface area contributed by atoms with Gasteiger partial charge in [0.05, 0.1) is 6.61 Å². The minimum atomic E-state index is 0.764. The topological polar surface area (TPSA) is 29.4 Å². The average Bonchev–Trinajstić information content (AvgIpc) is 2.83. The number of nitrogens with one attached hydrogen (secondary N) is 1. The third kappa shape index (κ3) is 5.21. The number of ether oxygens (including phenoxy) is 1. The maximum atomic E-state index is 5.02. The highest BCUT2D eigenvalue weighted by atomic mass is 16.5. The quantitative estimate of drug-likeness (QED) is 0.642. The van der Waals surface area contributed by atoms with Crippen LogP contribution in [0.4, 0.5) is 0 Å². The van der Waals surface area contributed by atoms with E-state index in [2.05, 4.69) is 47.0 Å². The summed E-state index contributed by atoms with van der Waals surface area (Å²) in [7, 11) is 1.73. The largest absolute Gasteiger partial charge is 0.383 e. The van der Waals surface area contributed by atoms with Crippen LogP contribution in [0, 0.1) is 0 Å². The molecular weight excluding hydrogens is 226 g/mol. The highest BCUT2D eigenvalue weighted by Gasteiger charge is 2.03. The van der Waals surface area contributed by atoms with Crippen LogP contribution >= 0.6 is 0 Å². The predicted molar refractivity (Wildman–Crippen MR) is 75.8 cm³/mol. The molecule has 0 spiro atoms. The van der Waals surface area contributed by atoms with Crippen LogP contribution in [0.3, 0.4) is 0 Å². The summed E-state index contributed by atoms with van der Waals surface area (Å²) in [4.78, 5) is 2.45. The van der Waals surface area contributed by atoms with Crippen LogP contribution in [0.2, 0.25) is 0 Å². The lowest BCUT2D eigenvalue weighted by Crippen LogP contribution is -2.28. The van der Waals surface area contributed by atoms with Gasteiger partial charge in [0.2, 0.25) is 0 Å². The maximum Gasteiger partial charge on any atom is 0.0587 e. The standard InChI is InChI=1S/C14H27N3O/c1-4-16(5-2)10-11-17-9-6-7-14(17)13-15-8-12-18-3/h6-7,9,15H,4-5,8,10-13H2,1-3H3. The Kier molecular flexibility index (Phi) is 7.73. The van der Waals surface area contributed by atoms with Crippen molar-refractivity contribution in [1.82, 2.24) is 14.8 Å². The molecule has 104 valence electrons. The molecule has 1 aromatic rings. The van der Waals surface area contributed by atoms with E-state index in [1.165, 1.54) is 5.69 Å². The summed E-state index contributed by atoms with van der Waals surface area (Å²) >= 11 is 0. The number of aromatic nitrogens is 1. The molecule has 1 N–H and O–H groups in total. The van der Waals surface area contributed by atoms with Crippen LogP contribution in [0.5, 0.6) is 0 Å². The molecule has 0 aromatic carbocycles. The third-order valence-corrected chi connectivity index (χ3v) is 3.26. The Bertz CT molecular complexity index is 308. The summed E-state index contributed by atoms with van der Waals surface area (Å²) < 4.78 is 7.36. The van der Waals surface area contributed by atoms with Gasteiger partial charge in [-0.15, -0.1) is 0 Å². The van der Waals surface area contributed by atoms with Crippen molar-refractivity contribution in [3.8, 4) is 0 Å². The van der Waals surface area contributed by atoms with Crippen molar-refractivity contribution in [2.75, 3.05) is 39.9 Å². The Morgan fingerprint density at radius 2 is 2.11 bits per heavy atom. The van der Waals surface area contributed by atoms with Gasteiger partial charge in [-0.3, -0.25) is 0 Å². The molecule has 0 fully saturated rings. The second-order valence-corrected chi connectivity index (χ2v) is 4.39. The Morgan fingerprint density at radius 3 is 2.78 bits per heavy atom. The molecule has 0 atom stereocenters. The van der Waals surface area contributed by atoms with Crippen molar-refractivity contribution in [2.24, 2.45) is 0 Å². The third-order valence-electron chi connectivity index (χ3n) is 3.26. The molecule has 0 unspecified atom stereocenters. The van der Waals surface area contributed by atoms with Gasteiger partial charge in [-0.25, -0.2) is 0 Å². The average molecular weight is 253 g/mol. The molecule has 0 aliphatic heterocycles. The fourth-order valence-electron chi connectivity index (χ4n) is 2.01. The van der Waals surface area contributed by atoms with Crippen LogP contribution in [0.15, 0.2) is 18.3 Å². The number of likely N-dealkylation sites (N-methyl/N-ethyl adjacent to an activating group) is 1. The Labute approximate surface area is 111 Å². The van der Waals surface area contributed by atoms with Gasteiger partial charge in [-0.2, -0.15) is 0 Å². The summed E-state index contributed by atoms with van der Waals surface area (Å²) in [5, 5.41) is 3.39. The van der Waals surface area contributed by atoms with E-state index in [4.69, 9.17) is 4.74 Å². The van der Waals surface area contributed by atoms with E-state index in [-0.39, 0.29) is 0 Å². The molecule has 1 heterocycles. The van der Waals surface area contributed by atoms with Gasteiger partial charge in [-0.05, 0) is 25.2 Å². The van der Waals surface area contributed by atoms with Gasteiger partial charge in [0, 0.05) is 45.2 Å². The van der Waals surface area contributed by atoms with Gasteiger partial charge < -0.3 is 19.5 Å². The van der Waals surface area contributed by atoms with Crippen molar-refractivity contribution in [3.05, 3.63) is 24.0 Å². The minimum Gasteiger partial charge on any atom is -0.383 e. The van der Waals surface area contributed by atoms with Crippen molar-refractivity contribution in [3.63, 3.8) is 0 Å². The molecule has 0 aliphatic rings. The van der Waals surface area contributed by atoms with Crippen LogP contribution in [0.1, 0.15) is 19.5 Å². The van der Waals surface area contributed by atoms with E-state index in [1.807, 2.05) is 0 Å². The van der Waals surface area contributed by atoms with E-state index in [9.17, 15) is 0 Å². The Hall–Kier alpha value is -0.840. The maximum absolute atomic E-state index is 5.02. The molecule has 0 amide bonds. The second kappa shape index (κ2) is 9.14. The predicted octanol–water partition coefficient (Wildman–Crippen LogP) is 1.57. The minimum absolute atomic E-state index is 0.764. The van der Waals surface area contributed by atoms with Gasteiger partial charge >= 0.3 is 0 Å². The smallest absolute Gasteiger partial charge is 0.0587 e. The molecule has 0 aliphatic carbocycles. The van der Waals surface area contributed by atoms with Crippen molar-refractivity contribution in [2.45, 2.75) is 26.9 Å². The first kappa shape index (κ1) is 15.2. The molecule has 0 saturated heterocycles. The zero-order valence-electron chi connectivity index (χ0n) is 12.0. The molecule has 18 heavy (non-hydrogen) atoms. The molecule has 0 radical (unpaired) electrons. The van der Waals surface area contributed by atoms with E-state index in [0.717, 1.165) is 45.9 Å². The summed E-state index contributed by atoms with van der Waals surface area (Å²) in [5.41, 5.74) is 1.35. The van der Waals surface area contributed by atoms with Crippen LogP contribution in [-0.2, 0) is 17.8 Å². The molecule has 4 heteroatoms. The molecule has 1 rings (SSSR count). The molecule has 0 bridgehead atoms. The lowest BCUT2D eigenvalue weighted by Gasteiger charge is -2.19. The lowest BCUT2D eigenvalue weighted by molar-refractivity contribution is 0.199. The normalized spacial score (nSPS) is 11.3. The van der Waals surface area contributed by atoms with Gasteiger partial charge in [-0.1, -0.05) is 13.8 Å². The first-order chi connectivity index (χ1) is 8.81. The Balaban J connectivity index is 2.34. The summed E-state index contributed by atoms with van der Waals surface area (Å²) in [5.74, 6) is 0. The number of hydrogen-bond donors (Lipinski definition) is 1. The number of hydrogen-bond acceptors (Lipinski definition) is 3. The Morgan fingerprint density at radius 1 is 1.33 bits per heavy atom. The van der Waals surface area contributed by atoms with E-state index in [1.54, 1.807) is 7.11 Å². The monoisotopic (exact) mass is 253 g/mol. The summed E-state index contributed by atoms with van der Waals surface area (Å²) in [6.07, 6.45) is 2.16. The van der Waals surface area contributed by atoms with E-state index >= 15 is 0 Å². The van der Waals surface area contributed by atoms with Crippen molar-refractivity contribution >= 4 is 0 Å². The zero-order chi connectivity index (χ0) is 13.2. The first-order valence-electron chi connectivity index (χ1n) is 6.87. The highest BCUT2D eigenvalue weighted by Crippen LogP contribution is 2.02. The van der Waals surface area contributed by atoms with Gasteiger partial charge in [0.15, 0.2) is 0 Å². The van der Waals surface area contributed by atoms with Gasteiger partial charge in [0.25, 0.3) is 0 Å². The molecule has 4 nitrogen and oxygen atoms in total. The molecule has 1 aromatic heterocycles. The molecular formula is C14H27N3O. The second-order valence-electron chi connectivity index (χ2n) is 4.39. The van der Waals surface area contributed by atoms with Crippen LogP contribution < -0.4 is 5.32 Å². The molecule has 0 saturated carbocycles.